The molecule has 4 aromatic carbocycles. The SMILES string of the molecule is C[Si](C)(C)c1cc(Oc2ccc3c4ccccc4n(-c4ccccn4)c3c2)cc(N2C=CN(c3ccccc3)C2)c1. The summed E-state index contributed by atoms with van der Waals surface area (Å²) in [5.41, 5.74) is 4.52. The molecule has 7 rings (SSSR count). The van der Waals surface area contributed by atoms with Crippen molar-refractivity contribution in [3.05, 3.63) is 128 Å². The van der Waals surface area contributed by atoms with E-state index < -0.39 is 8.07 Å². The Morgan fingerprint density at radius 2 is 1.37 bits per heavy atom. The second-order valence-electron chi connectivity index (χ2n) is 11.5. The van der Waals surface area contributed by atoms with Crippen molar-refractivity contribution in [3.8, 4) is 17.3 Å². The fourth-order valence-electron chi connectivity index (χ4n) is 5.50. The Morgan fingerprint density at radius 3 is 2.15 bits per heavy atom. The molecule has 0 saturated heterocycles. The molecule has 41 heavy (non-hydrogen) atoms. The monoisotopic (exact) mass is 552 g/mol. The van der Waals surface area contributed by atoms with Crippen molar-refractivity contribution in [2.24, 2.45) is 0 Å². The molecule has 1 aliphatic rings. The fourth-order valence-corrected chi connectivity index (χ4v) is 6.65. The molecular weight excluding hydrogens is 520 g/mol. The molecule has 202 valence electrons. The highest BCUT2D eigenvalue weighted by molar-refractivity contribution is 6.88. The van der Waals surface area contributed by atoms with Crippen LogP contribution in [-0.2, 0) is 0 Å². The molecule has 0 atom stereocenters. The molecule has 6 heteroatoms. The van der Waals surface area contributed by atoms with Crippen LogP contribution in [0.15, 0.2) is 128 Å². The molecule has 0 unspecified atom stereocenters. The molecule has 0 saturated carbocycles. The van der Waals surface area contributed by atoms with Gasteiger partial charge >= 0.3 is 0 Å². The van der Waals surface area contributed by atoms with Crippen molar-refractivity contribution in [2.75, 3.05) is 16.5 Å². The van der Waals surface area contributed by atoms with Crippen LogP contribution in [0.5, 0.6) is 11.5 Å². The molecule has 2 aromatic heterocycles. The van der Waals surface area contributed by atoms with E-state index in [4.69, 9.17) is 4.74 Å². The van der Waals surface area contributed by atoms with Crippen LogP contribution in [0.25, 0.3) is 27.6 Å². The minimum Gasteiger partial charge on any atom is -0.457 e. The molecule has 0 bridgehead atoms. The van der Waals surface area contributed by atoms with E-state index in [-0.39, 0.29) is 0 Å². The Balaban J connectivity index is 1.27. The summed E-state index contributed by atoms with van der Waals surface area (Å²) in [6.07, 6.45) is 6.13. The number of hydrogen-bond donors (Lipinski definition) is 0. The first-order valence-electron chi connectivity index (χ1n) is 14.0. The number of nitrogens with zero attached hydrogens (tertiary/aromatic N) is 4. The molecule has 0 spiro atoms. The number of aromatic nitrogens is 2. The van der Waals surface area contributed by atoms with Gasteiger partial charge in [-0.1, -0.05) is 67.3 Å². The first-order chi connectivity index (χ1) is 19.9. The van der Waals surface area contributed by atoms with Crippen LogP contribution in [0.3, 0.4) is 0 Å². The predicted octanol–water partition coefficient (Wildman–Crippen LogP) is 8.27. The Hall–Kier alpha value is -4.81. The Morgan fingerprint density at radius 1 is 0.634 bits per heavy atom. The van der Waals surface area contributed by atoms with Crippen molar-refractivity contribution >= 4 is 46.4 Å². The van der Waals surface area contributed by atoms with E-state index in [0.717, 1.165) is 40.7 Å². The van der Waals surface area contributed by atoms with Crippen molar-refractivity contribution in [1.82, 2.24) is 9.55 Å². The van der Waals surface area contributed by atoms with E-state index >= 15 is 0 Å². The van der Waals surface area contributed by atoms with Gasteiger partial charge in [0.1, 0.15) is 17.3 Å². The predicted molar refractivity (Wildman–Crippen MR) is 173 cm³/mol. The molecule has 6 aromatic rings. The lowest BCUT2D eigenvalue weighted by molar-refractivity contribution is 0.484. The van der Waals surface area contributed by atoms with Gasteiger partial charge in [0.2, 0.25) is 0 Å². The summed E-state index contributed by atoms with van der Waals surface area (Å²) in [7, 11) is -1.62. The zero-order valence-electron chi connectivity index (χ0n) is 23.5. The lowest BCUT2D eigenvalue weighted by Crippen LogP contribution is -2.38. The second-order valence-corrected chi connectivity index (χ2v) is 16.6. The molecule has 0 radical (unpaired) electrons. The third-order valence-corrected chi connectivity index (χ3v) is 9.69. The molecule has 0 aliphatic carbocycles. The number of anilines is 2. The minimum atomic E-state index is -1.62. The summed E-state index contributed by atoms with van der Waals surface area (Å²) in [5, 5.41) is 3.74. The summed E-state index contributed by atoms with van der Waals surface area (Å²) < 4.78 is 8.86. The quantitative estimate of drug-likeness (QED) is 0.195. The van der Waals surface area contributed by atoms with E-state index in [2.05, 4.69) is 142 Å². The van der Waals surface area contributed by atoms with E-state index in [1.807, 2.05) is 24.4 Å². The highest BCUT2D eigenvalue weighted by atomic mass is 28.3. The molecule has 0 N–H and O–H groups in total. The summed E-state index contributed by atoms with van der Waals surface area (Å²) in [4.78, 5) is 9.21. The first kappa shape index (κ1) is 25.2. The number of rotatable bonds is 6. The number of fused-ring (bicyclic) bond motifs is 3. The highest BCUT2D eigenvalue weighted by Crippen LogP contribution is 2.36. The number of ether oxygens (including phenoxy) is 1. The third kappa shape index (κ3) is 4.76. The standard InChI is InChI=1S/C35H32N4OSi/c1-41(2,3)30-22-27(38-20-19-37(25-38)26-11-5-4-6-12-26)21-29(23-30)40-28-16-17-32-31-13-7-8-14-33(31)39(34(32)24-28)35-15-9-10-18-36-35/h4-24H,25H2,1-3H3. The Kier molecular flexibility index (Phi) is 6.13. The van der Waals surface area contributed by atoms with Gasteiger partial charge in [-0.2, -0.15) is 0 Å². The smallest absolute Gasteiger partial charge is 0.137 e. The third-order valence-electron chi connectivity index (χ3n) is 7.67. The Labute approximate surface area is 241 Å². The largest absolute Gasteiger partial charge is 0.457 e. The van der Waals surface area contributed by atoms with Crippen molar-refractivity contribution in [2.45, 2.75) is 19.6 Å². The molecule has 1 aliphatic heterocycles. The fraction of sp³-hybridized carbons (Fsp3) is 0.114. The molecule has 5 nitrogen and oxygen atoms in total. The van der Waals surface area contributed by atoms with Gasteiger partial charge in [0.15, 0.2) is 0 Å². The van der Waals surface area contributed by atoms with Gasteiger partial charge in [-0.15, -0.1) is 0 Å². The maximum absolute atomic E-state index is 6.65. The van der Waals surface area contributed by atoms with Crippen LogP contribution < -0.4 is 19.7 Å². The molecule has 0 amide bonds. The number of benzene rings is 4. The minimum absolute atomic E-state index is 0.759. The Bertz CT molecular complexity index is 1890. The van der Waals surface area contributed by atoms with Crippen molar-refractivity contribution in [3.63, 3.8) is 0 Å². The summed E-state index contributed by atoms with van der Waals surface area (Å²) in [5.74, 6) is 2.55. The summed E-state index contributed by atoms with van der Waals surface area (Å²) in [6.45, 7) is 7.89. The maximum Gasteiger partial charge on any atom is 0.137 e. The normalized spacial score (nSPS) is 13.4. The summed E-state index contributed by atoms with van der Waals surface area (Å²) in [6, 6.07) is 38.1. The van der Waals surface area contributed by atoms with E-state index in [1.165, 1.54) is 21.6 Å². The van der Waals surface area contributed by atoms with Gasteiger partial charge in [0, 0.05) is 52.9 Å². The second kappa shape index (κ2) is 9.98. The maximum atomic E-state index is 6.65. The average molecular weight is 553 g/mol. The van der Waals surface area contributed by atoms with Gasteiger partial charge < -0.3 is 14.5 Å². The van der Waals surface area contributed by atoms with Gasteiger partial charge in [-0.25, -0.2) is 4.98 Å². The van der Waals surface area contributed by atoms with Gasteiger partial charge in [0.05, 0.1) is 25.8 Å². The lowest BCUT2D eigenvalue weighted by atomic mass is 10.1. The van der Waals surface area contributed by atoms with E-state index in [9.17, 15) is 0 Å². The van der Waals surface area contributed by atoms with Crippen molar-refractivity contribution < 1.29 is 4.74 Å². The zero-order chi connectivity index (χ0) is 28.0. The lowest BCUT2D eigenvalue weighted by Gasteiger charge is -2.25. The van der Waals surface area contributed by atoms with Crippen LogP contribution >= 0.6 is 0 Å². The van der Waals surface area contributed by atoms with Gasteiger partial charge in [-0.05, 0) is 54.6 Å². The summed E-state index contributed by atoms with van der Waals surface area (Å²) >= 11 is 0. The highest BCUT2D eigenvalue weighted by Gasteiger charge is 2.22. The van der Waals surface area contributed by atoms with Crippen LogP contribution in [0.1, 0.15) is 0 Å². The molecule has 3 heterocycles. The van der Waals surface area contributed by atoms with Gasteiger partial charge in [-0.3, -0.25) is 4.57 Å². The average Bonchev–Trinajstić information content (AvgIpc) is 3.61. The first-order valence-corrected chi connectivity index (χ1v) is 17.5. The molecular formula is C35H32N4OSi. The van der Waals surface area contributed by atoms with Crippen LogP contribution in [0, 0.1) is 0 Å². The number of hydrogen-bond acceptors (Lipinski definition) is 4. The van der Waals surface area contributed by atoms with Gasteiger partial charge in [0.25, 0.3) is 0 Å². The van der Waals surface area contributed by atoms with Crippen LogP contribution in [0.4, 0.5) is 11.4 Å². The zero-order valence-corrected chi connectivity index (χ0v) is 24.5. The van der Waals surface area contributed by atoms with Crippen LogP contribution in [0.2, 0.25) is 19.6 Å². The topological polar surface area (TPSA) is 33.5 Å². The number of para-hydroxylation sites is 2. The number of pyridine rings is 1. The molecule has 0 fully saturated rings. The van der Waals surface area contributed by atoms with Crippen LogP contribution in [-0.4, -0.2) is 24.3 Å². The van der Waals surface area contributed by atoms with E-state index in [1.54, 1.807) is 0 Å². The van der Waals surface area contributed by atoms with E-state index in [0.29, 0.717) is 0 Å². The van der Waals surface area contributed by atoms with Crippen molar-refractivity contribution in [1.29, 1.82) is 0 Å².